The Morgan fingerprint density at radius 2 is 2.07 bits per heavy atom. The maximum absolute atomic E-state index is 14.2. The van der Waals surface area contributed by atoms with Gasteiger partial charge in [0, 0.05) is 55.5 Å². The molecular weight excluding hydrogens is 437 g/mol. The van der Waals surface area contributed by atoms with Gasteiger partial charge in [0.15, 0.2) is 0 Å². The zero-order valence-corrected chi connectivity index (χ0v) is 18.3. The van der Waals surface area contributed by atoms with Crippen LogP contribution in [0.3, 0.4) is 0 Å². The molecule has 4 rings (SSSR count). The lowest BCUT2D eigenvalue weighted by Crippen LogP contribution is -2.47. The Morgan fingerprint density at radius 1 is 1.24 bits per heavy atom. The summed E-state index contributed by atoms with van der Waals surface area (Å²) in [5.41, 5.74) is 0.738. The number of aromatic nitrogens is 2. The number of piperidine rings is 1. The van der Waals surface area contributed by atoms with Crippen molar-refractivity contribution in [3.8, 4) is 0 Å². The summed E-state index contributed by atoms with van der Waals surface area (Å²) in [6, 6.07) is 7.57. The van der Waals surface area contributed by atoms with E-state index >= 15 is 0 Å². The summed E-state index contributed by atoms with van der Waals surface area (Å²) in [7, 11) is 2.06. The van der Waals surface area contributed by atoms with Crippen molar-refractivity contribution in [2.75, 3.05) is 56.2 Å². The number of likely N-dealkylation sites (tertiary alicyclic amines) is 1. The fourth-order valence-electron chi connectivity index (χ4n) is 4.02. The smallest absolute Gasteiger partial charge is 0.227 e. The molecule has 2 aliphatic rings. The van der Waals surface area contributed by atoms with Gasteiger partial charge >= 0.3 is 0 Å². The Bertz CT molecular complexity index is 832. The third-order valence-electron chi connectivity index (χ3n) is 5.72. The lowest BCUT2D eigenvalue weighted by molar-refractivity contribution is 0.122. The molecule has 1 unspecified atom stereocenters. The van der Waals surface area contributed by atoms with Crippen molar-refractivity contribution in [2.45, 2.75) is 25.4 Å². The highest BCUT2D eigenvalue weighted by Gasteiger charge is 2.26. The molecule has 2 aliphatic heterocycles. The molecular formula is C21H27BrFN5O. The van der Waals surface area contributed by atoms with Crippen molar-refractivity contribution < 1.29 is 9.13 Å². The molecule has 0 radical (unpaired) electrons. The number of morpholine rings is 1. The number of hydrogen-bond donors (Lipinski definition) is 0. The van der Waals surface area contributed by atoms with Crippen LogP contribution in [0.15, 0.2) is 34.9 Å². The van der Waals surface area contributed by atoms with Gasteiger partial charge in [0.05, 0.1) is 13.2 Å². The van der Waals surface area contributed by atoms with E-state index in [9.17, 15) is 4.39 Å². The van der Waals surface area contributed by atoms with Crippen molar-refractivity contribution in [3.63, 3.8) is 0 Å². The second kappa shape index (κ2) is 9.36. The number of anilines is 2. The van der Waals surface area contributed by atoms with E-state index in [-0.39, 0.29) is 5.82 Å². The van der Waals surface area contributed by atoms with Crippen LogP contribution < -0.4 is 9.80 Å². The van der Waals surface area contributed by atoms with Crippen LogP contribution in [0.2, 0.25) is 0 Å². The summed E-state index contributed by atoms with van der Waals surface area (Å²) in [5, 5.41) is 0. The fourth-order valence-corrected chi connectivity index (χ4v) is 4.36. The van der Waals surface area contributed by atoms with Gasteiger partial charge in [-0.2, -0.15) is 4.98 Å². The van der Waals surface area contributed by atoms with Gasteiger partial charge in [-0.05, 0) is 37.6 Å². The third-order valence-corrected chi connectivity index (χ3v) is 6.21. The summed E-state index contributed by atoms with van der Waals surface area (Å²) < 4.78 is 20.5. The molecule has 2 aromatic rings. The number of nitrogens with zero attached hydrogens (tertiary/aromatic N) is 5. The Morgan fingerprint density at radius 3 is 2.86 bits per heavy atom. The Kier molecular flexibility index (Phi) is 6.62. The Hall–Kier alpha value is -1.77. The molecule has 0 saturated carbocycles. The number of rotatable bonds is 5. The maximum atomic E-state index is 14.2. The average Bonchev–Trinajstić information content (AvgIpc) is 2.76. The molecule has 1 aromatic heterocycles. The molecule has 2 fully saturated rings. The lowest BCUT2D eigenvalue weighted by Gasteiger charge is -2.38. The highest BCUT2D eigenvalue weighted by molar-refractivity contribution is 9.10. The number of halogens is 2. The first-order valence-corrected chi connectivity index (χ1v) is 10.9. The second-order valence-electron chi connectivity index (χ2n) is 7.69. The van der Waals surface area contributed by atoms with Crippen molar-refractivity contribution in [1.29, 1.82) is 0 Å². The average molecular weight is 464 g/mol. The first-order valence-electron chi connectivity index (χ1n) is 10.1. The number of hydrogen-bond acceptors (Lipinski definition) is 6. The van der Waals surface area contributed by atoms with E-state index in [0.717, 1.165) is 74.0 Å². The van der Waals surface area contributed by atoms with Gasteiger partial charge < -0.3 is 14.5 Å². The molecule has 6 nitrogen and oxygen atoms in total. The third kappa shape index (κ3) is 5.05. The Labute approximate surface area is 179 Å². The topological polar surface area (TPSA) is 44.7 Å². The predicted octanol–water partition coefficient (Wildman–Crippen LogP) is 3.32. The molecule has 156 valence electrons. The summed E-state index contributed by atoms with van der Waals surface area (Å²) in [4.78, 5) is 16.1. The quantitative estimate of drug-likeness (QED) is 0.677. The monoisotopic (exact) mass is 463 g/mol. The van der Waals surface area contributed by atoms with E-state index < -0.39 is 0 Å². The molecule has 0 N–H and O–H groups in total. The number of benzene rings is 1. The van der Waals surface area contributed by atoms with E-state index in [1.165, 1.54) is 6.07 Å². The number of likely N-dealkylation sites (N-methyl/N-ethyl adjacent to an activating group) is 1. The minimum absolute atomic E-state index is 0.156. The van der Waals surface area contributed by atoms with Crippen LogP contribution in [-0.2, 0) is 11.3 Å². The molecule has 29 heavy (non-hydrogen) atoms. The summed E-state index contributed by atoms with van der Waals surface area (Å²) >= 11 is 3.33. The fraction of sp³-hybridized carbons (Fsp3) is 0.524. The normalized spacial score (nSPS) is 20.7. The highest BCUT2D eigenvalue weighted by atomic mass is 79.9. The van der Waals surface area contributed by atoms with Crippen molar-refractivity contribution in [2.24, 2.45) is 0 Å². The minimum atomic E-state index is -0.156. The van der Waals surface area contributed by atoms with Gasteiger partial charge in [0.1, 0.15) is 11.6 Å². The zero-order valence-electron chi connectivity index (χ0n) is 16.7. The molecule has 2 saturated heterocycles. The largest absolute Gasteiger partial charge is 0.378 e. The lowest BCUT2D eigenvalue weighted by atomic mass is 10.0. The molecule has 0 bridgehead atoms. The summed E-state index contributed by atoms with van der Waals surface area (Å²) in [6.07, 6.45) is 4.00. The van der Waals surface area contributed by atoms with Crippen LogP contribution in [0.4, 0.5) is 16.2 Å². The van der Waals surface area contributed by atoms with Crippen molar-refractivity contribution in [1.82, 2.24) is 14.9 Å². The molecule has 1 atom stereocenters. The van der Waals surface area contributed by atoms with Gasteiger partial charge in [0.25, 0.3) is 0 Å². The van der Waals surface area contributed by atoms with E-state index in [1.807, 2.05) is 24.4 Å². The Balaban J connectivity index is 1.42. The molecule has 0 aliphatic carbocycles. The molecule has 0 amide bonds. The summed E-state index contributed by atoms with van der Waals surface area (Å²) in [5.74, 6) is 1.54. The van der Waals surface area contributed by atoms with Crippen LogP contribution in [0.25, 0.3) is 0 Å². The first kappa shape index (κ1) is 20.5. The van der Waals surface area contributed by atoms with Gasteiger partial charge in [-0.15, -0.1) is 0 Å². The van der Waals surface area contributed by atoms with E-state index in [1.54, 1.807) is 0 Å². The molecule has 3 heterocycles. The van der Waals surface area contributed by atoms with Crippen LogP contribution in [0, 0.1) is 5.82 Å². The maximum Gasteiger partial charge on any atom is 0.227 e. The predicted molar refractivity (Wildman–Crippen MR) is 116 cm³/mol. The van der Waals surface area contributed by atoms with Gasteiger partial charge in [-0.3, -0.25) is 4.90 Å². The SMILES string of the molecule is CN(c1nccc(N2CCOCC2)n1)C1CCCN(Cc2ccc(Br)cc2F)C1. The van der Waals surface area contributed by atoms with Gasteiger partial charge in [-0.25, -0.2) is 9.37 Å². The molecule has 1 aromatic carbocycles. The van der Waals surface area contributed by atoms with Gasteiger partial charge in [-0.1, -0.05) is 22.0 Å². The van der Waals surface area contributed by atoms with E-state index in [2.05, 4.69) is 42.7 Å². The second-order valence-corrected chi connectivity index (χ2v) is 8.61. The van der Waals surface area contributed by atoms with Crippen LogP contribution >= 0.6 is 15.9 Å². The van der Waals surface area contributed by atoms with Crippen LogP contribution in [0.5, 0.6) is 0 Å². The standard InChI is InChI=1S/C21H27BrFN5O/c1-26(21-24-7-6-20(25-21)28-9-11-29-12-10-28)18-3-2-8-27(15-18)14-16-4-5-17(22)13-19(16)23/h4-7,13,18H,2-3,8-12,14-15H2,1H3. The minimum Gasteiger partial charge on any atom is -0.378 e. The van der Waals surface area contributed by atoms with E-state index in [4.69, 9.17) is 9.72 Å². The highest BCUT2D eigenvalue weighted by Crippen LogP contribution is 2.23. The zero-order chi connectivity index (χ0) is 20.2. The van der Waals surface area contributed by atoms with Crippen LogP contribution in [-0.4, -0.2) is 67.4 Å². The van der Waals surface area contributed by atoms with Crippen molar-refractivity contribution >= 4 is 27.7 Å². The number of ether oxygens (including phenoxy) is 1. The molecule has 0 spiro atoms. The van der Waals surface area contributed by atoms with Crippen molar-refractivity contribution in [3.05, 3.63) is 46.3 Å². The summed E-state index contributed by atoms with van der Waals surface area (Å²) in [6.45, 7) is 5.66. The van der Waals surface area contributed by atoms with E-state index in [0.29, 0.717) is 12.6 Å². The van der Waals surface area contributed by atoms with Crippen LogP contribution in [0.1, 0.15) is 18.4 Å². The molecule has 8 heteroatoms. The first-order chi connectivity index (χ1) is 14.1. The van der Waals surface area contributed by atoms with Gasteiger partial charge in [0.2, 0.25) is 5.95 Å².